The molecule has 0 spiro atoms. The second kappa shape index (κ2) is 7.56. The Morgan fingerprint density at radius 3 is 2.50 bits per heavy atom. The number of carbonyl (C=O) groups excluding carboxylic acids is 1. The van der Waals surface area contributed by atoms with Crippen LogP contribution < -0.4 is 0 Å². The number of hydrogen-bond acceptors (Lipinski definition) is 4. The van der Waals surface area contributed by atoms with Crippen LogP contribution in [-0.4, -0.2) is 65.1 Å². The van der Waals surface area contributed by atoms with Crippen LogP contribution in [0, 0.1) is 6.92 Å². The molecule has 0 aliphatic carbocycles. The molecule has 1 saturated heterocycles. The zero-order valence-electron chi connectivity index (χ0n) is 15.8. The van der Waals surface area contributed by atoms with Crippen LogP contribution in [0.3, 0.4) is 0 Å². The van der Waals surface area contributed by atoms with Crippen molar-refractivity contribution in [3.8, 4) is 11.1 Å². The van der Waals surface area contributed by atoms with Gasteiger partial charge in [-0.05, 0) is 57.6 Å². The van der Waals surface area contributed by atoms with E-state index in [1.807, 2.05) is 68.5 Å². The van der Waals surface area contributed by atoms with Gasteiger partial charge in [-0.15, -0.1) is 0 Å². The lowest BCUT2D eigenvalue weighted by Crippen LogP contribution is -2.54. The van der Waals surface area contributed by atoms with Gasteiger partial charge in [-0.2, -0.15) is 0 Å². The molecule has 1 aliphatic heterocycles. The monoisotopic (exact) mass is 353 g/mol. The number of carbonyl (C=O) groups is 1. The number of rotatable bonds is 4. The minimum atomic E-state index is -0.828. The van der Waals surface area contributed by atoms with Crippen molar-refractivity contribution in [3.05, 3.63) is 53.9 Å². The van der Waals surface area contributed by atoms with Gasteiger partial charge in [-0.1, -0.05) is 18.2 Å². The number of pyridine rings is 1. The molecular weight excluding hydrogens is 326 g/mol. The molecule has 1 fully saturated rings. The number of aryl methyl sites for hydroxylation is 1. The first-order chi connectivity index (χ1) is 12.4. The molecule has 0 saturated carbocycles. The average molecular weight is 353 g/mol. The first kappa shape index (κ1) is 18.5. The van der Waals surface area contributed by atoms with E-state index in [1.165, 1.54) is 0 Å². The van der Waals surface area contributed by atoms with Crippen LogP contribution in [0.5, 0.6) is 0 Å². The Morgan fingerprint density at radius 1 is 1.19 bits per heavy atom. The molecule has 5 heteroatoms. The van der Waals surface area contributed by atoms with Gasteiger partial charge >= 0.3 is 0 Å². The number of piperidine rings is 1. The predicted molar refractivity (Wildman–Crippen MR) is 103 cm³/mol. The maximum atomic E-state index is 12.9. The lowest BCUT2D eigenvalue weighted by molar-refractivity contribution is -0.0391. The quantitative estimate of drug-likeness (QED) is 0.918. The molecule has 0 bridgehead atoms. The van der Waals surface area contributed by atoms with Crippen molar-refractivity contribution in [1.29, 1.82) is 0 Å². The molecule has 26 heavy (non-hydrogen) atoms. The molecule has 3 rings (SSSR count). The van der Waals surface area contributed by atoms with Crippen LogP contribution in [0.4, 0.5) is 0 Å². The molecule has 0 unspecified atom stereocenters. The summed E-state index contributed by atoms with van der Waals surface area (Å²) >= 11 is 0. The summed E-state index contributed by atoms with van der Waals surface area (Å²) < 4.78 is 0. The van der Waals surface area contributed by atoms with Crippen LogP contribution in [0.2, 0.25) is 0 Å². The van der Waals surface area contributed by atoms with Crippen molar-refractivity contribution in [2.45, 2.75) is 25.4 Å². The summed E-state index contributed by atoms with van der Waals surface area (Å²) in [5.41, 5.74) is 2.88. The van der Waals surface area contributed by atoms with E-state index in [1.54, 1.807) is 4.90 Å². The molecule has 1 aromatic heterocycles. The molecule has 2 aromatic rings. The Labute approximate surface area is 155 Å². The summed E-state index contributed by atoms with van der Waals surface area (Å²) in [6.45, 7) is 3.60. The fraction of sp³-hybridized carbons (Fsp3) is 0.429. The van der Waals surface area contributed by atoms with Gasteiger partial charge < -0.3 is 14.9 Å². The molecule has 1 N–H and O–H groups in total. The molecule has 1 atom stereocenters. The highest BCUT2D eigenvalue weighted by molar-refractivity contribution is 5.94. The fourth-order valence-corrected chi connectivity index (χ4v) is 3.63. The first-order valence-corrected chi connectivity index (χ1v) is 9.06. The molecule has 1 aromatic carbocycles. The molecule has 2 heterocycles. The Morgan fingerprint density at radius 2 is 1.88 bits per heavy atom. The van der Waals surface area contributed by atoms with Crippen molar-refractivity contribution < 1.29 is 9.90 Å². The second-order valence-corrected chi connectivity index (χ2v) is 7.56. The molecule has 1 amide bonds. The maximum absolute atomic E-state index is 12.9. The van der Waals surface area contributed by atoms with E-state index in [2.05, 4.69) is 4.98 Å². The lowest BCUT2D eigenvalue weighted by Gasteiger charge is -2.40. The van der Waals surface area contributed by atoms with Crippen LogP contribution in [0.1, 0.15) is 28.9 Å². The van der Waals surface area contributed by atoms with E-state index >= 15 is 0 Å². The van der Waals surface area contributed by atoms with E-state index in [4.69, 9.17) is 0 Å². The average Bonchev–Trinajstić information content (AvgIpc) is 2.61. The first-order valence-electron chi connectivity index (χ1n) is 9.06. The SMILES string of the molecule is Cc1ccc(-c2ccc(C(=O)N3CCC[C@@](O)(CN(C)C)C3)cc2)cn1. The number of likely N-dealkylation sites (tertiary alicyclic amines) is 1. The molecule has 0 radical (unpaired) electrons. The van der Waals surface area contributed by atoms with Crippen LogP contribution in [0.15, 0.2) is 42.6 Å². The number of hydrogen-bond donors (Lipinski definition) is 1. The van der Waals surface area contributed by atoms with Crippen molar-refractivity contribution >= 4 is 5.91 Å². The van der Waals surface area contributed by atoms with Gasteiger partial charge in [0.15, 0.2) is 0 Å². The number of benzene rings is 1. The van der Waals surface area contributed by atoms with Gasteiger partial charge in [0, 0.05) is 36.1 Å². The number of amides is 1. The van der Waals surface area contributed by atoms with Gasteiger partial charge in [-0.25, -0.2) is 0 Å². The third kappa shape index (κ3) is 4.29. The van der Waals surface area contributed by atoms with E-state index < -0.39 is 5.60 Å². The van der Waals surface area contributed by atoms with E-state index in [-0.39, 0.29) is 5.91 Å². The van der Waals surface area contributed by atoms with E-state index in [9.17, 15) is 9.90 Å². The number of nitrogens with zero attached hydrogens (tertiary/aromatic N) is 3. The Hall–Kier alpha value is -2.24. The zero-order chi connectivity index (χ0) is 18.7. The highest BCUT2D eigenvalue weighted by Gasteiger charge is 2.35. The maximum Gasteiger partial charge on any atom is 0.253 e. The zero-order valence-corrected chi connectivity index (χ0v) is 15.8. The van der Waals surface area contributed by atoms with E-state index in [0.717, 1.165) is 29.7 Å². The Kier molecular flexibility index (Phi) is 5.39. The van der Waals surface area contributed by atoms with Gasteiger partial charge in [0.25, 0.3) is 5.91 Å². The third-order valence-corrected chi connectivity index (χ3v) is 4.83. The van der Waals surface area contributed by atoms with Crippen molar-refractivity contribution in [3.63, 3.8) is 0 Å². The topological polar surface area (TPSA) is 56.7 Å². The second-order valence-electron chi connectivity index (χ2n) is 7.56. The lowest BCUT2D eigenvalue weighted by atomic mass is 9.92. The van der Waals surface area contributed by atoms with Crippen LogP contribution in [0.25, 0.3) is 11.1 Å². The van der Waals surface area contributed by atoms with E-state index in [0.29, 0.717) is 25.2 Å². The van der Waals surface area contributed by atoms with Gasteiger partial charge in [0.2, 0.25) is 0 Å². The largest absolute Gasteiger partial charge is 0.387 e. The van der Waals surface area contributed by atoms with Gasteiger partial charge in [0.05, 0.1) is 12.1 Å². The Balaban J connectivity index is 1.72. The smallest absolute Gasteiger partial charge is 0.253 e. The standard InChI is InChI=1S/C21H27N3O2/c1-16-5-6-19(13-22-16)17-7-9-18(10-8-17)20(25)24-12-4-11-21(26,15-24)14-23(2)3/h5-10,13,26H,4,11-12,14-15H2,1-3H3/t21-/m1/s1. The van der Waals surface area contributed by atoms with Gasteiger partial charge in [-0.3, -0.25) is 9.78 Å². The highest BCUT2D eigenvalue weighted by atomic mass is 16.3. The summed E-state index contributed by atoms with van der Waals surface area (Å²) in [6.07, 6.45) is 3.40. The summed E-state index contributed by atoms with van der Waals surface area (Å²) in [6, 6.07) is 11.6. The van der Waals surface area contributed by atoms with Crippen molar-refractivity contribution in [1.82, 2.24) is 14.8 Å². The summed E-state index contributed by atoms with van der Waals surface area (Å²) in [5.74, 6) is -0.0181. The molecule has 5 nitrogen and oxygen atoms in total. The number of aromatic nitrogens is 1. The minimum Gasteiger partial charge on any atom is -0.387 e. The molecular formula is C21H27N3O2. The summed E-state index contributed by atoms with van der Waals surface area (Å²) in [7, 11) is 3.88. The number of β-amino-alcohol motifs (C(OH)–C–C–N with tert-alkyl or cyclic N) is 1. The Bertz CT molecular complexity index is 756. The van der Waals surface area contributed by atoms with Crippen LogP contribution >= 0.6 is 0 Å². The van der Waals surface area contributed by atoms with Crippen LogP contribution in [-0.2, 0) is 0 Å². The fourth-order valence-electron chi connectivity index (χ4n) is 3.63. The highest BCUT2D eigenvalue weighted by Crippen LogP contribution is 2.24. The van der Waals surface area contributed by atoms with Crippen molar-refractivity contribution in [2.75, 3.05) is 33.7 Å². The number of aliphatic hydroxyl groups is 1. The van der Waals surface area contributed by atoms with Gasteiger partial charge in [0.1, 0.15) is 0 Å². The third-order valence-electron chi connectivity index (χ3n) is 4.83. The molecule has 138 valence electrons. The van der Waals surface area contributed by atoms with Crippen molar-refractivity contribution in [2.24, 2.45) is 0 Å². The normalized spacial score (nSPS) is 20.4. The summed E-state index contributed by atoms with van der Waals surface area (Å²) in [5, 5.41) is 10.8. The predicted octanol–water partition coefficient (Wildman–Crippen LogP) is 2.59. The summed E-state index contributed by atoms with van der Waals surface area (Å²) in [4.78, 5) is 20.9. The minimum absolute atomic E-state index is 0.0181. The molecule has 1 aliphatic rings. The number of likely N-dealkylation sites (N-methyl/N-ethyl adjacent to an activating group) is 1.